The lowest BCUT2D eigenvalue weighted by molar-refractivity contribution is -0.276. The molecule has 0 aliphatic carbocycles. The predicted molar refractivity (Wildman–Crippen MR) is 56.0 cm³/mol. The van der Waals surface area contributed by atoms with Crippen molar-refractivity contribution in [3.63, 3.8) is 0 Å². The van der Waals surface area contributed by atoms with E-state index in [1.54, 1.807) is 4.31 Å². The van der Waals surface area contributed by atoms with Crippen LogP contribution in [0.1, 0.15) is 12.5 Å². The van der Waals surface area contributed by atoms with E-state index >= 15 is 0 Å². The zero-order valence-corrected chi connectivity index (χ0v) is 9.42. The van der Waals surface area contributed by atoms with Gasteiger partial charge in [-0.05, 0) is 5.56 Å². The second kappa shape index (κ2) is 5.40. The molecular weight excluding hydrogens is 241 g/mol. The lowest BCUT2D eigenvalue weighted by Crippen LogP contribution is -2.18. The van der Waals surface area contributed by atoms with Crippen molar-refractivity contribution >= 4 is 12.8 Å². The second-order valence-corrected chi connectivity index (χ2v) is 3.60. The zero-order chi connectivity index (χ0) is 12.2. The number of ether oxygens (including phenoxy) is 1. The maximum absolute atomic E-state index is 11.8. The molecule has 90 valence electrons. The molecule has 0 amide bonds. The van der Waals surface area contributed by atoms with E-state index in [2.05, 4.69) is 22.5 Å². The monoisotopic (exact) mass is 252 g/mol. The van der Waals surface area contributed by atoms with Crippen molar-refractivity contribution in [1.29, 1.82) is 0 Å². The van der Waals surface area contributed by atoms with Gasteiger partial charge in [0.05, 0.1) is 0 Å². The zero-order valence-electron chi connectivity index (χ0n) is 8.53. The summed E-state index contributed by atoms with van der Waals surface area (Å²) >= 11 is 4.13. The molecule has 0 saturated heterocycles. The summed E-state index contributed by atoms with van der Waals surface area (Å²) in [5.74, 6) is -0.460. The highest BCUT2D eigenvalue weighted by molar-refractivity contribution is 7.77. The number of rotatable bonds is 4. The summed E-state index contributed by atoms with van der Waals surface area (Å²) in [5, 5.41) is 0. The van der Waals surface area contributed by atoms with E-state index in [9.17, 15) is 13.2 Å². The minimum Gasteiger partial charge on any atom is -0.388 e. The van der Waals surface area contributed by atoms with Crippen molar-refractivity contribution < 1.29 is 17.9 Å². The van der Waals surface area contributed by atoms with Crippen LogP contribution in [0.3, 0.4) is 0 Å². The van der Waals surface area contributed by atoms with E-state index in [1.165, 1.54) is 18.3 Å². The largest absolute Gasteiger partial charge is 0.574 e. The Bertz CT molecular complexity index is 329. The number of nitrogens with zero attached hydrogens (tertiary/aromatic N) is 2. The smallest absolute Gasteiger partial charge is 0.388 e. The average Bonchev–Trinajstić information content (AvgIpc) is 2.18. The van der Waals surface area contributed by atoms with Crippen molar-refractivity contribution in [2.45, 2.75) is 19.8 Å². The fourth-order valence-corrected chi connectivity index (χ4v) is 1.17. The summed E-state index contributed by atoms with van der Waals surface area (Å²) in [6, 6.07) is 2.70. The third kappa shape index (κ3) is 4.71. The van der Waals surface area contributed by atoms with Crippen molar-refractivity contribution in [1.82, 2.24) is 9.29 Å². The summed E-state index contributed by atoms with van der Waals surface area (Å²) in [5.41, 5.74) is 0.770. The van der Waals surface area contributed by atoms with Crippen LogP contribution in [0.5, 0.6) is 5.88 Å². The molecule has 0 saturated carbocycles. The Hall–Kier alpha value is -0.950. The molecule has 0 atom stereocenters. The van der Waals surface area contributed by atoms with E-state index in [0.29, 0.717) is 6.54 Å². The SMILES string of the molecule is CCN(S)Cc1ccc(OC(F)(F)F)nc1. The van der Waals surface area contributed by atoms with Crippen LogP contribution in [-0.2, 0) is 6.54 Å². The quantitative estimate of drug-likeness (QED) is 0.834. The summed E-state index contributed by atoms with van der Waals surface area (Å²) in [6.07, 6.45) is -3.37. The summed E-state index contributed by atoms with van der Waals surface area (Å²) in [7, 11) is 0. The molecule has 0 aliphatic heterocycles. The van der Waals surface area contributed by atoms with Crippen LogP contribution in [0.2, 0.25) is 0 Å². The Morgan fingerprint density at radius 1 is 1.44 bits per heavy atom. The average molecular weight is 252 g/mol. The highest BCUT2D eigenvalue weighted by Crippen LogP contribution is 2.20. The number of hydrogen-bond donors (Lipinski definition) is 1. The van der Waals surface area contributed by atoms with Gasteiger partial charge in [0.25, 0.3) is 0 Å². The number of aromatic nitrogens is 1. The Kier molecular flexibility index (Phi) is 4.43. The number of halogens is 3. The summed E-state index contributed by atoms with van der Waals surface area (Å²) < 4.78 is 40.8. The molecule has 0 unspecified atom stereocenters. The molecule has 0 bridgehead atoms. The molecule has 1 rings (SSSR count). The molecule has 1 aromatic rings. The molecule has 1 aromatic heterocycles. The summed E-state index contributed by atoms with van der Waals surface area (Å²) in [4.78, 5) is 3.55. The van der Waals surface area contributed by atoms with E-state index < -0.39 is 12.2 Å². The van der Waals surface area contributed by atoms with Crippen LogP contribution in [0.15, 0.2) is 18.3 Å². The predicted octanol–water partition coefficient (Wildman–Crippen LogP) is 2.65. The van der Waals surface area contributed by atoms with Crippen LogP contribution >= 0.6 is 12.8 Å². The minimum atomic E-state index is -4.70. The third-order valence-corrected chi connectivity index (χ3v) is 2.17. The first-order valence-corrected chi connectivity index (χ1v) is 4.95. The molecule has 0 aliphatic rings. The first-order chi connectivity index (χ1) is 7.40. The van der Waals surface area contributed by atoms with E-state index in [4.69, 9.17) is 0 Å². The molecular formula is C9H11F3N2OS. The van der Waals surface area contributed by atoms with Gasteiger partial charge in [-0.2, -0.15) is 0 Å². The molecule has 0 N–H and O–H groups in total. The minimum absolute atomic E-state index is 0.460. The molecule has 7 heteroatoms. The molecule has 16 heavy (non-hydrogen) atoms. The van der Waals surface area contributed by atoms with Gasteiger partial charge >= 0.3 is 6.36 Å². The van der Waals surface area contributed by atoms with Crippen LogP contribution in [0.4, 0.5) is 13.2 Å². The Morgan fingerprint density at radius 2 is 2.12 bits per heavy atom. The third-order valence-electron chi connectivity index (χ3n) is 1.75. The highest BCUT2D eigenvalue weighted by atomic mass is 32.1. The van der Waals surface area contributed by atoms with Gasteiger partial charge in [0.15, 0.2) is 0 Å². The standard InChI is InChI=1S/C9H11F3N2OS/c1-2-14(16)6-7-3-4-8(13-5-7)15-9(10,11)12/h3-5,16H,2,6H2,1H3. The van der Waals surface area contributed by atoms with E-state index in [0.717, 1.165) is 12.1 Å². The van der Waals surface area contributed by atoms with Gasteiger partial charge < -0.3 is 4.74 Å². The van der Waals surface area contributed by atoms with Crippen molar-refractivity contribution in [2.75, 3.05) is 6.54 Å². The normalized spacial score (nSPS) is 11.9. The number of hydrogen-bond acceptors (Lipinski definition) is 4. The molecule has 0 spiro atoms. The fourth-order valence-electron chi connectivity index (χ4n) is 1.01. The lowest BCUT2D eigenvalue weighted by Gasteiger charge is -2.12. The Labute approximate surface area is 96.8 Å². The maximum atomic E-state index is 11.8. The Balaban J connectivity index is 2.61. The topological polar surface area (TPSA) is 25.4 Å². The molecule has 0 radical (unpaired) electrons. The van der Waals surface area contributed by atoms with Gasteiger partial charge in [0, 0.05) is 25.4 Å². The molecule has 3 nitrogen and oxygen atoms in total. The van der Waals surface area contributed by atoms with Crippen LogP contribution < -0.4 is 4.74 Å². The lowest BCUT2D eigenvalue weighted by atomic mass is 10.3. The molecule has 0 aromatic carbocycles. The van der Waals surface area contributed by atoms with Crippen molar-refractivity contribution in [3.05, 3.63) is 23.9 Å². The van der Waals surface area contributed by atoms with Gasteiger partial charge in [-0.25, -0.2) is 9.29 Å². The molecule has 1 heterocycles. The van der Waals surface area contributed by atoms with E-state index in [1.807, 2.05) is 6.92 Å². The number of alkyl halides is 3. The van der Waals surface area contributed by atoms with Gasteiger partial charge in [0.2, 0.25) is 5.88 Å². The first-order valence-electron chi connectivity index (χ1n) is 4.55. The van der Waals surface area contributed by atoms with Gasteiger partial charge in [0.1, 0.15) is 0 Å². The maximum Gasteiger partial charge on any atom is 0.574 e. The number of thiol groups is 1. The first kappa shape index (κ1) is 13.1. The van der Waals surface area contributed by atoms with Crippen molar-refractivity contribution in [2.24, 2.45) is 0 Å². The fraction of sp³-hybridized carbons (Fsp3) is 0.444. The van der Waals surface area contributed by atoms with Crippen LogP contribution in [0, 0.1) is 0 Å². The number of pyridine rings is 1. The van der Waals surface area contributed by atoms with E-state index in [-0.39, 0.29) is 0 Å². The van der Waals surface area contributed by atoms with Gasteiger partial charge in [-0.3, -0.25) is 0 Å². The second-order valence-electron chi connectivity index (χ2n) is 3.03. The van der Waals surface area contributed by atoms with Crippen LogP contribution in [0.25, 0.3) is 0 Å². The Morgan fingerprint density at radius 3 is 2.56 bits per heavy atom. The van der Waals surface area contributed by atoms with Gasteiger partial charge in [-0.1, -0.05) is 25.8 Å². The highest BCUT2D eigenvalue weighted by Gasteiger charge is 2.31. The van der Waals surface area contributed by atoms with Crippen molar-refractivity contribution in [3.8, 4) is 5.88 Å². The van der Waals surface area contributed by atoms with Gasteiger partial charge in [-0.15, -0.1) is 13.2 Å². The van der Waals surface area contributed by atoms with Crippen LogP contribution in [-0.4, -0.2) is 22.2 Å². The summed E-state index contributed by atoms with van der Waals surface area (Å²) in [6.45, 7) is 3.16. The molecule has 0 fully saturated rings.